The van der Waals surface area contributed by atoms with Crippen LogP contribution in [-0.2, 0) is 17.8 Å². The summed E-state index contributed by atoms with van der Waals surface area (Å²) in [7, 11) is 4.90. The lowest BCUT2D eigenvalue weighted by Gasteiger charge is -2.16. The number of rotatable bonds is 9. The molecule has 0 aromatic heterocycles. The summed E-state index contributed by atoms with van der Waals surface area (Å²) in [6.07, 6.45) is 1.28. The van der Waals surface area contributed by atoms with E-state index in [1.165, 1.54) is 0 Å². The van der Waals surface area contributed by atoms with E-state index in [0.29, 0.717) is 42.5 Å². The standard InChI is InChI=1S/C22H26N2O6/c1-25-18-7-5-4-6-14(18)11-23-12-16-10-17(30-24-16)8-15-9-19(26-2)21-22(20(15)27-3)29-13-28-21/h4-7,9,17,23H,8,10-13H2,1-3H3. The highest BCUT2D eigenvalue weighted by atomic mass is 16.7. The van der Waals surface area contributed by atoms with Crippen LogP contribution in [-0.4, -0.2) is 46.5 Å². The number of nitrogens with zero attached hydrogens (tertiary/aromatic N) is 1. The van der Waals surface area contributed by atoms with Crippen LogP contribution in [0.4, 0.5) is 0 Å². The summed E-state index contributed by atoms with van der Waals surface area (Å²) in [5.74, 6) is 3.29. The molecule has 2 aliphatic heterocycles. The maximum atomic E-state index is 5.66. The van der Waals surface area contributed by atoms with Gasteiger partial charge in [0, 0.05) is 37.1 Å². The number of hydrogen-bond donors (Lipinski definition) is 1. The van der Waals surface area contributed by atoms with E-state index in [9.17, 15) is 0 Å². The van der Waals surface area contributed by atoms with Gasteiger partial charge in [0.1, 0.15) is 11.9 Å². The van der Waals surface area contributed by atoms with E-state index in [4.69, 9.17) is 28.5 Å². The minimum Gasteiger partial charge on any atom is -0.496 e. The largest absolute Gasteiger partial charge is 0.496 e. The molecular formula is C22H26N2O6. The fraction of sp³-hybridized carbons (Fsp3) is 0.409. The Morgan fingerprint density at radius 1 is 0.967 bits per heavy atom. The van der Waals surface area contributed by atoms with E-state index >= 15 is 0 Å². The first-order valence-electron chi connectivity index (χ1n) is 9.81. The van der Waals surface area contributed by atoms with Crippen molar-refractivity contribution >= 4 is 5.71 Å². The van der Waals surface area contributed by atoms with Crippen molar-refractivity contribution in [3.05, 3.63) is 41.5 Å². The lowest BCUT2D eigenvalue weighted by atomic mass is 10.0. The van der Waals surface area contributed by atoms with Crippen molar-refractivity contribution in [2.24, 2.45) is 5.16 Å². The Balaban J connectivity index is 1.35. The number of oxime groups is 1. The summed E-state index contributed by atoms with van der Waals surface area (Å²) in [5, 5.41) is 7.66. The third-order valence-electron chi connectivity index (χ3n) is 5.14. The van der Waals surface area contributed by atoms with Crippen molar-refractivity contribution in [2.75, 3.05) is 34.7 Å². The molecule has 0 radical (unpaired) electrons. The SMILES string of the molecule is COc1ccccc1CNCC1=NOC(Cc2cc(OC)c3c(c2OC)OCO3)C1. The molecule has 1 unspecified atom stereocenters. The van der Waals surface area contributed by atoms with Crippen molar-refractivity contribution in [2.45, 2.75) is 25.5 Å². The van der Waals surface area contributed by atoms with Crippen molar-refractivity contribution < 1.29 is 28.5 Å². The van der Waals surface area contributed by atoms with Crippen LogP contribution in [0.1, 0.15) is 17.5 Å². The lowest BCUT2D eigenvalue weighted by molar-refractivity contribution is 0.0853. The van der Waals surface area contributed by atoms with Crippen LogP contribution in [0.5, 0.6) is 28.7 Å². The van der Waals surface area contributed by atoms with Crippen LogP contribution >= 0.6 is 0 Å². The van der Waals surface area contributed by atoms with Gasteiger partial charge < -0.3 is 33.8 Å². The van der Waals surface area contributed by atoms with E-state index < -0.39 is 0 Å². The highest BCUT2D eigenvalue weighted by Gasteiger charge is 2.30. The van der Waals surface area contributed by atoms with E-state index in [0.717, 1.165) is 29.0 Å². The van der Waals surface area contributed by atoms with Crippen LogP contribution in [0.3, 0.4) is 0 Å². The Labute approximate surface area is 175 Å². The van der Waals surface area contributed by atoms with Gasteiger partial charge in [-0.3, -0.25) is 0 Å². The van der Waals surface area contributed by atoms with Gasteiger partial charge in [0.25, 0.3) is 0 Å². The van der Waals surface area contributed by atoms with Crippen molar-refractivity contribution in [1.29, 1.82) is 0 Å². The summed E-state index contributed by atoms with van der Waals surface area (Å²) >= 11 is 0. The summed E-state index contributed by atoms with van der Waals surface area (Å²) in [4.78, 5) is 5.66. The molecule has 0 spiro atoms. The van der Waals surface area contributed by atoms with E-state index in [-0.39, 0.29) is 12.9 Å². The topological polar surface area (TPSA) is 79.8 Å². The molecule has 1 N–H and O–H groups in total. The van der Waals surface area contributed by atoms with Gasteiger partial charge in [-0.25, -0.2) is 0 Å². The Morgan fingerprint density at radius 3 is 2.57 bits per heavy atom. The van der Waals surface area contributed by atoms with E-state index in [2.05, 4.69) is 10.5 Å². The highest BCUT2D eigenvalue weighted by Crippen LogP contribution is 2.49. The molecule has 2 aromatic rings. The number of ether oxygens (including phenoxy) is 5. The minimum atomic E-state index is -0.0768. The van der Waals surface area contributed by atoms with Gasteiger partial charge in [0.05, 0.1) is 27.0 Å². The highest BCUT2D eigenvalue weighted by molar-refractivity contribution is 5.87. The van der Waals surface area contributed by atoms with Crippen molar-refractivity contribution in [3.8, 4) is 28.7 Å². The first-order valence-corrected chi connectivity index (χ1v) is 9.81. The van der Waals surface area contributed by atoms with Gasteiger partial charge in [0.15, 0.2) is 11.5 Å². The van der Waals surface area contributed by atoms with Gasteiger partial charge in [-0.2, -0.15) is 0 Å². The second kappa shape index (κ2) is 9.13. The number of methoxy groups -OCH3 is 3. The fourth-order valence-corrected chi connectivity index (χ4v) is 3.73. The van der Waals surface area contributed by atoms with Gasteiger partial charge in [0.2, 0.25) is 18.3 Å². The molecule has 2 aromatic carbocycles. The van der Waals surface area contributed by atoms with Crippen LogP contribution in [0.25, 0.3) is 0 Å². The first-order chi connectivity index (χ1) is 14.7. The molecule has 1 atom stereocenters. The Bertz CT molecular complexity index is 930. The molecule has 30 heavy (non-hydrogen) atoms. The number of fused-ring (bicyclic) bond motifs is 1. The first kappa shape index (κ1) is 20.2. The monoisotopic (exact) mass is 414 g/mol. The molecule has 0 amide bonds. The normalized spacial score (nSPS) is 16.8. The second-order valence-electron chi connectivity index (χ2n) is 7.04. The molecule has 0 saturated heterocycles. The molecule has 8 nitrogen and oxygen atoms in total. The second-order valence-corrected chi connectivity index (χ2v) is 7.04. The summed E-state index contributed by atoms with van der Waals surface area (Å²) in [5.41, 5.74) is 3.01. The van der Waals surface area contributed by atoms with Crippen LogP contribution < -0.4 is 29.0 Å². The Hall–Kier alpha value is -3.13. The molecule has 0 fully saturated rings. The van der Waals surface area contributed by atoms with E-state index in [1.54, 1.807) is 21.3 Å². The minimum absolute atomic E-state index is 0.0768. The summed E-state index contributed by atoms with van der Waals surface area (Å²) in [6, 6.07) is 9.87. The Morgan fingerprint density at radius 2 is 1.77 bits per heavy atom. The van der Waals surface area contributed by atoms with Crippen LogP contribution in [0.15, 0.2) is 35.5 Å². The molecule has 2 heterocycles. The van der Waals surface area contributed by atoms with Crippen molar-refractivity contribution in [1.82, 2.24) is 5.32 Å². The maximum Gasteiger partial charge on any atom is 0.231 e. The zero-order valence-corrected chi connectivity index (χ0v) is 17.4. The average Bonchev–Trinajstić information content (AvgIpc) is 3.43. The van der Waals surface area contributed by atoms with Gasteiger partial charge in [-0.1, -0.05) is 23.4 Å². The number of nitrogens with one attached hydrogen (secondary N) is 1. The molecule has 2 aliphatic rings. The van der Waals surface area contributed by atoms with E-state index in [1.807, 2.05) is 30.3 Å². The van der Waals surface area contributed by atoms with Crippen LogP contribution in [0, 0.1) is 0 Å². The summed E-state index contributed by atoms with van der Waals surface area (Å²) < 4.78 is 27.5. The molecule has 0 aliphatic carbocycles. The quantitative estimate of drug-likeness (QED) is 0.676. The summed E-state index contributed by atoms with van der Waals surface area (Å²) in [6.45, 7) is 1.49. The molecule has 0 saturated carbocycles. The third-order valence-corrected chi connectivity index (χ3v) is 5.14. The predicted octanol–water partition coefficient (Wildman–Crippen LogP) is 2.92. The third kappa shape index (κ3) is 4.09. The Kier molecular flexibility index (Phi) is 6.13. The van der Waals surface area contributed by atoms with Gasteiger partial charge in [-0.05, 0) is 12.1 Å². The molecule has 4 rings (SSSR count). The smallest absolute Gasteiger partial charge is 0.231 e. The molecule has 0 bridgehead atoms. The predicted molar refractivity (Wildman–Crippen MR) is 111 cm³/mol. The lowest BCUT2D eigenvalue weighted by Crippen LogP contribution is -2.23. The number of para-hydroxylation sites is 1. The molecule has 8 heteroatoms. The average molecular weight is 414 g/mol. The van der Waals surface area contributed by atoms with Gasteiger partial charge in [-0.15, -0.1) is 0 Å². The molecule has 160 valence electrons. The zero-order valence-electron chi connectivity index (χ0n) is 17.4. The van der Waals surface area contributed by atoms with Gasteiger partial charge >= 0.3 is 0 Å². The zero-order chi connectivity index (χ0) is 20.9. The fourth-order valence-electron chi connectivity index (χ4n) is 3.73. The maximum absolute atomic E-state index is 5.66. The molecular weight excluding hydrogens is 388 g/mol. The number of benzene rings is 2. The van der Waals surface area contributed by atoms with Crippen molar-refractivity contribution in [3.63, 3.8) is 0 Å². The number of hydrogen-bond acceptors (Lipinski definition) is 8. The van der Waals surface area contributed by atoms with Crippen LogP contribution in [0.2, 0.25) is 0 Å².